The van der Waals surface area contributed by atoms with Crippen LogP contribution in [0.5, 0.6) is 0 Å². The smallest absolute Gasteiger partial charge is 0.329 e. The molecule has 0 aliphatic carbocycles. The number of hydrogen-bond acceptors (Lipinski definition) is 3. The standard InChI is InChI=1S/C22H19F5N4O2/c1-3-30(12-19(32)29-20-17(23)8-5-9-18(20)24)21(33)16-11-28-31(13(16)2)15-7-4-6-14(10-15)22(25,26)27/h4-11H,3,12H2,1-2H3,(H,29,32). The largest absolute Gasteiger partial charge is 0.416 e. The number of nitrogens with zero attached hydrogens (tertiary/aromatic N) is 3. The second-order valence-electron chi connectivity index (χ2n) is 7.07. The Labute approximate surface area is 185 Å². The molecule has 0 aliphatic heterocycles. The van der Waals surface area contributed by atoms with Gasteiger partial charge in [-0.05, 0) is 44.2 Å². The fourth-order valence-electron chi connectivity index (χ4n) is 3.16. The van der Waals surface area contributed by atoms with Gasteiger partial charge >= 0.3 is 6.18 Å². The van der Waals surface area contributed by atoms with Crippen molar-refractivity contribution < 1.29 is 31.5 Å². The van der Waals surface area contributed by atoms with E-state index < -0.39 is 47.4 Å². The van der Waals surface area contributed by atoms with Crippen molar-refractivity contribution in [2.45, 2.75) is 20.0 Å². The van der Waals surface area contributed by atoms with Gasteiger partial charge in [0, 0.05) is 6.54 Å². The number of nitrogens with one attached hydrogen (secondary N) is 1. The molecule has 2 amide bonds. The molecule has 0 atom stereocenters. The highest BCUT2D eigenvalue weighted by Crippen LogP contribution is 2.30. The first-order valence-corrected chi connectivity index (χ1v) is 9.78. The molecule has 3 rings (SSSR count). The van der Waals surface area contributed by atoms with Crippen LogP contribution in [0, 0.1) is 18.6 Å². The number of carbonyl (C=O) groups excluding carboxylic acids is 2. The van der Waals surface area contributed by atoms with E-state index in [0.29, 0.717) is 0 Å². The number of amides is 2. The van der Waals surface area contributed by atoms with Crippen molar-refractivity contribution in [3.63, 3.8) is 0 Å². The number of likely N-dealkylation sites (N-methyl/N-ethyl adjacent to an activating group) is 1. The van der Waals surface area contributed by atoms with Gasteiger partial charge in [0.15, 0.2) is 0 Å². The lowest BCUT2D eigenvalue weighted by Gasteiger charge is -2.20. The fraction of sp³-hybridized carbons (Fsp3) is 0.227. The van der Waals surface area contributed by atoms with Crippen LogP contribution in [0.1, 0.15) is 28.5 Å². The summed E-state index contributed by atoms with van der Waals surface area (Å²) in [7, 11) is 0. The number of para-hydroxylation sites is 1. The van der Waals surface area contributed by atoms with E-state index in [9.17, 15) is 31.5 Å². The van der Waals surface area contributed by atoms with Crippen molar-refractivity contribution in [2.75, 3.05) is 18.4 Å². The maximum Gasteiger partial charge on any atom is 0.416 e. The molecule has 174 valence electrons. The number of benzene rings is 2. The molecule has 0 fully saturated rings. The zero-order chi connectivity index (χ0) is 24.3. The molecule has 0 saturated carbocycles. The second kappa shape index (κ2) is 9.39. The van der Waals surface area contributed by atoms with Crippen LogP contribution in [0.4, 0.5) is 27.6 Å². The van der Waals surface area contributed by atoms with Gasteiger partial charge in [0.05, 0.1) is 28.7 Å². The molecule has 0 spiro atoms. The number of hydrogen-bond donors (Lipinski definition) is 1. The van der Waals surface area contributed by atoms with Gasteiger partial charge in [0.2, 0.25) is 5.91 Å². The Morgan fingerprint density at radius 3 is 2.33 bits per heavy atom. The molecular formula is C22H19F5N4O2. The van der Waals surface area contributed by atoms with Crippen LogP contribution in [-0.2, 0) is 11.0 Å². The third kappa shape index (κ3) is 5.18. The molecular weight excluding hydrogens is 447 g/mol. The van der Waals surface area contributed by atoms with Crippen LogP contribution in [0.2, 0.25) is 0 Å². The van der Waals surface area contributed by atoms with Gasteiger partial charge < -0.3 is 10.2 Å². The lowest BCUT2D eigenvalue weighted by Crippen LogP contribution is -2.38. The van der Waals surface area contributed by atoms with Crippen LogP contribution >= 0.6 is 0 Å². The summed E-state index contributed by atoms with van der Waals surface area (Å²) in [5, 5.41) is 6.12. The molecule has 2 aromatic carbocycles. The maximum absolute atomic E-state index is 13.8. The molecule has 3 aromatic rings. The molecule has 33 heavy (non-hydrogen) atoms. The van der Waals surface area contributed by atoms with E-state index in [-0.39, 0.29) is 23.5 Å². The summed E-state index contributed by atoms with van der Waals surface area (Å²) in [6, 6.07) is 7.57. The summed E-state index contributed by atoms with van der Waals surface area (Å²) >= 11 is 0. The topological polar surface area (TPSA) is 67.2 Å². The van der Waals surface area contributed by atoms with E-state index >= 15 is 0 Å². The first-order valence-electron chi connectivity index (χ1n) is 9.78. The number of rotatable bonds is 6. The first kappa shape index (κ1) is 23.9. The zero-order valence-electron chi connectivity index (χ0n) is 17.6. The van der Waals surface area contributed by atoms with Crippen LogP contribution in [-0.4, -0.2) is 39.6 Å². The minimum atomic E-state index is -4.54. The predicted octanol–water partition coefficient (Wildman–Crippen LogP) is 4.58. The lowest BCUT2D eigenvalue weighted by molar-refractivity contribution is -0.137. The van der Waals surface area contributed by atoms with E-state index in [1.807, 2.05) is 0 Å². The Balaban J connectivity index is 1.80. The third-order valence-electron chi connectivity index (χ3n) is 4.89. The van der Waals surface area contributed by atoms with Crippen molar-refractivity contribution in [1.82, 2.24) is 14.7 Å². The zero-order valence-corrected chi connectivity index (χ0v) is 17.6. The van der Waals surface area contributed by atoms with Gasteiger partial charge in [-0.25, -0.2) is 13.5 Å². The van der Waals surface area contributed by atoms with Crippen LogP contribution in [0.15, 0.2) is 48.7 Å². The van der Waals surface area contributed by atoms with E-state index in [0.717, 1.165) is 35.2 Å². The summed E-state index contributed by atoms with van der Waals surface area (Å²) < 4.78 is 67.8. The Morgan fingerprint density at radius 2 is 1.73 bits per heavy atom. The van der Waals surface area contributed by atoms with E-state index in [2.05, 4.69) is 10.4 Å². The van der Waals surface area contributed by atoms with E-state index in [4.69, 9.17) is 0 Å². The molecule has 0 unspecified atom stereocenters. The van der Waals surface area contributed by atoms with Gasteiger partial charge in [-0.2, -0.15) is 18.3 Å². The summed E-state index contributed by atoms with van der Waals surface area (Å²) in [5.74, 6) is -3.36. The molecule has 1 N–H and O–H groups in total. The number of aromatic nitrogens is 2. The van der Waals surface area contributed by atoms with Crippen molar-refractivity contribution in [2.24, 2.45) is 0 Å². The quantitative estimate of drug-likeness (QED) is 0.541. The first-order chi connectivity index (χ1) is 15.5. The maximum atomic E-state index is 13.8. The fourth-order valence-corrected chi connectivity index (χ4v) is 3.16. The number of halogens is 5. The van der Waals surface area contributed by atoms with Crippen LogP contribution in [0.3, 0.4) is 0 Å². The van der Waals surface area contributed by atoms with Crippen molar-refractivity contribution in [3.8, 4) is 5.69 Å². The monoisotopic (exact) mass is 466 g/mol. The van der Waals surface area contributed by atoms with Crippen molar-refractivity contribution >= 4 is 17.5 Å². The summed E-state index contributed by atoms with van der Waals surface area (Å²) in [5.41, 5.74) is -1.05. The average molecular weight is 466 g/mol. The SMILES string of the molecule is CCN(CC(=O)Nc1c(F)cccc1F)C(=O)c1cnn(-c2cccc(C(F)(F)F)c2)c1C. The summed E-state index contributed by atoms with van der Waals surface area (Å²) in [4.78, 5) is 26.4. The average Bonchev–Trinajstić information content (AvgIpc) is 3.15. The minimum Gasteiger partial charge on any atom is -0.329 e. The molecule has 11 heteroatoms. The normalized spacial score (nSPS) is 11.4. The molecule has 6 nitrogen and oxygen atoms in total. The van der Waals surface area contributed by atoms with E-state index in [1.54, 1.807) is 6.92 Å². The highest BCUT2D eigenvalue weighted by Gasteiger charge is 2.31. The number of alkyl halides is 3. The van der Waals surface area contributed by atoms with Gasteiger partial charge in [-0.15, -0.1) is 0 Å². The van der Waals surface area contributed by atoms with Gasteiger partial charge in [0.1, 0.15) is 23.9 Å². The van der Waals surface area contributed by atoms with Crippen molar-refractivity contribution in [3.05, 3.63) is 77.1 Å². The highest BCUT2D eigenvalue weighted by molar-refractivity contribution is 6.00. The van der Waals surface area contributed by atoms with E-state index in [1.165, 1.54) is 29.9 Å². The molecule has 0 aliphatic rings. The van der Waals surface area contributed by atoms with Gasteiger partial charge in [-0.1, -0.05) is 12.1 Å². The summed E-state index contributed by atoms with van der Waals surface area (Å²) in [6.45, 7) is 2.68. The highest BCUT2D eigenvalue weighted by atomic mass is 19.4. The third-order valence-corrected chi connectivity index (χ3v) is 4.89. The lowest BCUT2D eigenvalue weighted by atomic mass is 10.2. The second-order valence-corrected chi connectivity index (χ2v) is 7.07. The van der Waals surface area contributed by atoms with Gasteiger partial charge in [0.25, 0.3) is 5.91 Å². The Bertz CT molecular complexity index is 1170. The van der Waals surface area contributed by atoms with Crippen LogP contribution in [0.25, 0.3) is 5.69 Å². The molecule has 0 saturated heterocycles. The Hall–Kier alpha value is -3.76. The van der Waals surface area contributed by atoms with Crippen LogP contribution < -0.4 is 5.32 Å². The molecule has 1 heterocycles. The molecule has 1 aromatic heterocycles. The molecule has 0 bridgehead atoms. The Morgan fingerprint density at radius 1 is 1.09 bits per heavy atom. The van der Waals surface area contributed by atoms with Crippen molar-refractivity contribution in [1.29, 1.82) is 0 Å². The number of carbonyl (C=O) groups is 2. The summed E-state index contributed by atoms with van der Waals surface area (Å²) in [6.07, 6.45) is -3.35. The Kier molecular flexibility index (Phi) is 6.80. The minimum absolute atomic E-state index is 0.0686. The molecule has 0 radical (unpaired) electrons. The van der Waals surface area contributed by atoms with Gasteiger partial charge in [-0.3, -0.25) is 9.59 Å². The number of anilines is 1. The predicted molar refractivity (Wildman–Crippen MR) is 110 cm³/mol.